The van der Waals surface area contributed by atoms with Crippen LogP contribution in [0.3, 0.4) is 0 Å². The number of carboxylic acid groups (broad SMARTS) is 2. The van der Waals surface area contributed by atoms with Crippen LogP contribution in [0.2, 0.25) is 0 Å². The molecule has 10 nitrogen and oxygen atoms in total. The Morgan fingerprint density at radius 1 is 0.714 bits per heavy atom. The summed E-state index contributed by atoms with van der Waals surface area (Å²) >= 11 is 0. The summed E-state index contributed by atoms with van der Waals surface area (Å²) in [5.74, 6) is -0.395. The Morgan fingerprint density at radius 3 is 1.71 bits per heavy atom. The van der Waals surface area contributed by atoms with Crippen LogP contribution in [0, 0.1) is 17.8 Å². The number of unbranched alkanes of at least 4 members (excludes halogenated alkanes) is 8. The van der Waals surface area contributed by atoms with Gasteiger partial charge in [-0.2, -0.15) is 5.01 Å². The third kappa shape index (κ3) is 14.7. The Balaban J connectivity index is 2.23. The van der Waals surface area contributed by atoms with E-state index in [2.05, 4.69) is 16.1 Å². The van der Waals surface area contributed by atoms with Crippen LogP contribution in [0.25, 0.3) is 0 Å². The van der Waals surface area contributed by atoms with Crippen LogP contribution < -0.4 is 16.1 Å². The molecule has 0 heterocycles. The Morgan fingerprint density at radius 2 is 1.24 bits per heavy atom. The molecule has 0 aliphatic carbocycles. The molecule has 49 heavy (non-hydrogen) atoms. The molecule has 0 aliphatic rings. The summed E-state index contributed by atoms with van der Waals surface area (Å²) in [6.07, 6.45) is 9.90. The summed E-state index contributed by atoms with van der Waals surface area (Å²) in [4.78, 5) is 48.7. The Kier molecular flexibility index (Phi) is 19.3. The normalized spacial score (nSPS) is 14.6. The fourth-order valence-corrected chi connectivity index (χ4v) is 6.66. The molecule has 2 aromatic rings. The molecule has 2 rings (SSSR count). The maximum absolute atomic E-state index is 12.6. The zero-order valence-corrected chi connectivity index (χ0v) is 30.0. The SMILES string of the molecule is CC(C)C(C=O)NCCCCCCCCCCC[C@@H](Cc1ccccc1)C(Cc1ccccc1)(NC(=O)O)N(NC(=O)O)[C@H](C=O)C(C)C. The Labute approximate surface area is 293 Å². The van der Waals surface area contributed by atoms with E-state index in [0.717, 1.165) is 75.3 Å². The molecule has 0 bridgehead atoms. The number of aldehydes is 2. The number of rotatable bonds is 26. The van der Waals surface area contributed by atoms with E-state index in [0.29, 0.717) is 25.0 Å². The molecular weight excluding hydrogens is 620 g/mol. The largest absolute Gasteiger partial charge is 0.465 e. The monoisotopic (exact) mass is 680 g/mol. The number of nitrogens with one attached hydrogen (secondary N) is 3. The first-order valence-electron chi connectivity index (χ1n) is 18.1. The average molecular weight is 681 g/mol. The summed E-state index contributed by atoms with van der Waals surface area (Å²) in [6, 6.07) is 18.2. The first-order chi connectivity index (χ1) is 23.5. The van der Waals surface area contributed by atoms with Crippen molar-refractivity contribution in [2.75, 3.05) is 6.54 Å². The second-order valence-electron chi connectivity index (χ2n) is 13.9. The molecule has 5 N–H and O–H groups in total. The number of carbonyl (C=O) groups is 4. The zero-order chi connectivity index (χ0) is 36.1. The lowest BCUT2D eigenvalue weighted by Gasteiger charge is -2.51. The average Bonchev–Trinajstić information content (AvgIpc) is 3.06. The molecule has 2 unspecified atom stereocenters. The smallest absolute Gasteiger partial charge is 0.419 e. The number of carbonyl (C=O) groups excluding carboxylic acids is 2. The van der Waals surface area contributed by atoms with Gasteiger partial charge < -0.3 is 30.4 Å². The molecule has 2 amide bonds. The molecule has 10 heteroatoms. The van der Waals surface area contributed by atoms with E-state index in [-0.39, 0.29) is 24.3 Å². The van der Waals surface area contributed by atoms with E-state index in [1.54, 1.807) is 0 Å². The van der Waals surface area contributed by atoms with E-state index in [9.17, 15) is 29.4 Å². The van der Waals surface area contributed by atoms with Gasteiger partial charge in [-0.1, -0.05) is 140 Å². The number of hydrogen-bond donors (Lipinski definition) is 5. The van der Waals surface area contributed by atoms with Crippen molar-refractivity contribution in [1.82, 2.24) is 21.1 Å². The van der Waals surface area contributed by atoms with Crippen molar-refractivity contribution in [2.24, 2.45) is 17.8 Å². The Bertz CT molecular complexity index is 1230. The summed E-state index contributed by atoms with van der Waals surface area (Å²) in [5.41, 5.74) is 2.81. The van der Waals surface area contributed by atoms with Gasteiger partial charge >= 0.3 is 12.2 Å². The number of nitrogens with zero attached hydrogens (tertiary/aromatic N) is 1. The third-order valence-corrected chi connectivity index (χ3v) is 9.38. The molecule has 2 aromatic carbocycles. The highest BCUT2D eigenvalue weighted by atomic mass is 16.4. The van der Waals surface area contributed by atoms with Gasteiger partial charge in [-0.25, -0.2) is 9.59 Å². The van der Waals surface area contributed by atoms with E-state index in [1.807, 2.05) is 88.4 Å². The maximum atomic E-state index is 12.6. The van der Waals surface area contributed by atoms with Gasteiger partial charge in [-0.05, 0) is 48.8 Å². The number of amides is 2. The lowest BCUT2D eigenvalue weighted by Crippen LogP contribution is -2.73. The van der Waals surface area contributed by atoms with Gasteiger partial charge in [-0.3, -0.25) is 5.43 Å². The summed E-state index contributed by atoms with van der Waals surface area (Å²) in [6.45, 7) is 8.60. The molecule has 0 aliphatic heterocycles. The van der Waals surface area contributed by atoms with E-state index >= 15 is 0 Å². The minimum absolute atomic E-state index is 0.0751. The van der Waals surface area contributed by atoms with Crippen molar-refractivity contribution in [3.63, 3.8) is 0 Å². The fourth-order valence-electron chi connectivity index (χ4n) is 6.66. The number of hydrogen-bond acceptors (Lipinski definition) is 6. The zero-order valence-electron chi connectivity index (χ0n) is 30.0. The van der Waals surface area contributed by atoms with Gasteiger partial charge in [-0.15, -0.1) is 0 Å². The molecule has 272 valence electrons. The van der Waals surface area contributed by atoms with Crippen molar-refractivity contribution in [3.05, 3.63) is 71.8 Å². The van der Waals surface area contributed by atoms with Gasteiger partial charge in [0.1, 0.15) is 18.2 Å². The van der Waals surface area contributed by atoms with Crippen molar-refractivity contribution in [1.29, 1.82) is 0 Å². The standard InChI is InChI=1S/C39H60N4O6/c1-30(2)35(28-44)40-25-19-11-9-7-5-6-8-10-18-24-34(26-32-20-14-12-15-21-32)39(41-37(46)47,27-33-22-16-13-17-23-33)43(42-38(48)49)36(29-45)31(3)4/h12-17,20-23,28-31,34-36,40-42H,5-11,18-19,24-27H2,1-4H3,(H,46,47)(H,48,49)/t34-,35?,36+,39?/m0/s1. The second kappa shape index (κ2) is 22.8. The number of hydrazine groups is 1. The first-order valence-corrected chi connectivity index (χ1v) is 18.1. The molecule has 0 fully saturated rings. The van der Waals surface area contributed by atoms with Crippen molar-refractivity contribution < 1.29 is 29.4 Å². The summed E-state index contributed by atoms with van der Waals surface area (Å²) in [7, 11) is 0. The molecule has 4 atom stereocenters. The van der Waals surface area contributed by atoms with Crippen molar-refractivity contribution in [3.8, 4) is 0 Å². The van der Waals surface area contributed by atoms with Crippen LogP contribution in [0.15, 0.2) is 60.7 Å². The molecule has 0 aromatic heterocycles. The highest BCUT2D eigenvalue weighted by Gasteiger charge is 2.49. The van der Waals surface area contributed by atoms with Crippen LogP contribution in [0.1, 0.15) is 103 Å². The minimum Gasteiger partial charge on any atom is -0.465 e. The van der Waals surface area contributed by atoms with Crippen LogP contribution in [0.4, 0.5) is 9.59 Å². The van der Waals surface area contributed by atoms with Crippen LogP contribution in [0.5, 0.6) is 0 Å². The predicted octanol–water partition coefficient (Wildman–Crippen LogP) is 7.47. The molecule has 0 spiro atoms. The van der Waals surface area contributed by atoms with Gasteiger partial charge in [0.05, 0.1) is 12.1 Å². The van der Waals surface area contributed by atoms with Gasteiger partial charge in [0.25, 0.3) is 0 Å². The highest BCUT2D eigenvalue weighted by molar-refractivity contribution is 5.68. The molecule has 0 saturated heterocycles. The molecular formula is C39H60N4O6. The predicted molar refractivity (Wildman–Crippen MR) is 194 cm³/mol. The van der Waals surface area contributed by atoms with Gasteiger partial charge in [0, 0.05) is 12.3 Å². The lowest BCUT2D eigenvalue weighted by atomic mass is 9.77. The summed E-state index contributed by atoms with van der Waals surface area (Å²) < 4.78 is 0. The third-order valence-electron chi connectivity index (χ3n) is 9.38. The van der Waals surface area contributed by atoms with Gasteiger partial charge in [0.15, 0.2) is 0 Å². The number of benzene rings is 2. The fraction of sp³-hybridized carbons (Fsp3) is 0.590. The van der Waals surface area contributed by atoms with Gasteiger partial charge in [0.2, 0.25) is 0 Å². The Hall–Kier alpha value is -3.76. The second-order valence-corrected chi connectivity index (χ2v) is 13.9. The topological polar surface area (TPSA) is 148 Å². The van der Waals surface area contributed by atoms with Crippen molar-refractivity contribution >= 4 is 24.8 Å². The quantitative estimate of drug-likeness (QED) is 0.0297. The molecule has 0 radical (unpaired) electrons. The summed E-state index contributed by atoms with van der Waals surface area (Å²) in [5, 5.41) is 27.8. The van der Waals surface area contributed by atoms with Crippen molar-refractivity contribution in [2.45, 2.75) is 122 Å². The van der Waals surface area contributed by atoms with E-state index in [1.165, 1.54) is 11.4 Å². The maximum Gasteiger partial charge on any atom is 0.419 e. The van der Waals surface area contributed by atoms with Crippen LogP contribution in [-0.2, 0) is 22.4 Å². The van der Waals surface area contributed by atoms with E-state index in [4.69, 9.17) is 0 Å². The van der Waals surface area contributed by atoms with Crippen LogP contribution in [-0.4, -0.2) is 64.3 Å². The van der Waals surface area contributed by atoms with E-state index < -0.39 is 23.9 Å². The minimum atomic E-state index is -1.48. The lowest BCUT2D eigenvalue weighted by molar-refractivity contribution is -0.125. The molecule has 0 saturated carbocycles. The highest BCUT2D eigenvalue weighted by Crippen LogP contribution is 2.35. The first kappa shape index (κ1) is 41.4. The van der Waals surface area contributed by atoms with Crippen LogP contribution >= 0.6 is 0 Å².